The number of alkyl halides is 2. The molecule has 0 aliphatic rings. The first-order chi connectivity index (χ1) is 53.1. The zero-order valence-electron chi connectivity index (χ0n) is 60.2. The second kappa shape index (κ2) is 61.2. The summed E-state index contributed by atoms with van der Waals surface area (Å²) in [6.07, 6.45) is 4.84. The number of rotatable bonds is 24. The van der Waals surface area contributed by atoms with Gasteiger partial charge >= 0.3 is 71.1 Å². The molecule has 604 valence electrons. The summed E-state index contributed by atoms with van der Waals surface area (Å²) in [5, 5.41) is 12.0. The fourth-order valence-electron chi connectivity index (χ4n) is 9.58. The second-order valence-electron chi connectivity index (χ2n) is 22.0. The Morgan fingerprint density at radius 2 is 0.274 bits per heavy atom. The van der Waals surface area contributed by atoms with Gasteiger partial charge in [0.25, 0.3) is 0 Å². The van der Waals surface area contributed by atoms with Gasteiger partial charge in [0.1, 0.15) is 0 Å². The summed E-state index contributed by atoms with van der Waals surface area (Å²) in [6, 6.07) is 130. The van der Waals surface area contributed by atoms with E-state index in [-0.39, 0.29) is 79.2 Å². The standard InChI is InChI=1S/4C20H19PS.CH2Cl2.4BF4.2Pt/c4*1-4-10-18(11-5-1)21(19-12-6-2-7-13-19)16-17-22-20-14-8-3-9-15-20;2-1-3;4*2-1(3,4)5;;/h4*1-15H,16-17H2;1H2;;;;;;/q;;;;;4*-1;2*+2. The molecule has 0 radical (unpaired) electrons. The van der Waals surface area contributed by atoms with Gasteiger partial charge in [0.05, 0.1) is 5.34 Å². The summed E-state index contributed by atoms with van der Waals surface area (Å²) >= 11 is 17.3. The molecule has 0 aliphatic heterocycles. The maximum atomic E-state index is 9.75. The first-order valence-corrected chi connectivity index (χ1v) is 45.1. The maximum absolute atomic E-state index is 9.75. The first-order valence-electron chi connectivity index (χ1n) is 34.0. The van der Waals surface area contributed by atoms with E-state index < -0.39 is 29.0 Å². The molecule has 32 heteroatoms. The molecule has 0 saturated heterocycles. The van der Waals surface area contributed by atoms with Gasteiger partial charge in [0.2, 0.25) is 0 Å². The monoisotopic (exact) mass is 2110 g/mol. The molecule has 0 spiro atoms. The van der Waals surface area contributed by atoms with Crippen molar-refractivity contribution in [3.63, 3.8) is 0 Å². The summed E-state index contributed by atoms with van der Waals surface area (Å²) < 4.78 is 156. The molecule has 12 aromatic carbocycles. The van der Waals surface area contributed by atoms with Gasteiger partial charge in [-0.2, -0.15) is 0 Å². The third-order valence-electron chi connectivity index (χ3n) is 13.9. The Labute approximate surface area is 714 Å². The Morgan fingerprint density at radius 1 is 0.186 bits per heavy atom. The van der Waals surface area contributed by atoms with E-state index in [1.165, 1.54) is 86.7 Å². The van der Waals surface area contributed by atoms with Gasteiger partial charge in [0, 0.05) is 42.6 Å². The van der Waals surface area contributed by atoms with Crippen molar-refractivity contribution in [2.24, 2.45) is 0 Å². The summed E-state index contributed by atoms with van der Waals surface area (Å²) in [5.74, 6) is 4.61. The summed E-state index contributed by atoms with van der Waals surface area (Å²) in [6.45, 7) is 0. The molecule has 0 saturated carbocycles. The molecular weight excluding hydrogens is 2030 g/mol. The predicted molar refractivity (Wildman–Crippen MR) is 462 cm³/mol. The van der Waals surface area contributed by atoms with Gasteiger partial charge in [-0.15, -0.1) is 70.2 Å². The molecular formula is C81H78B4Cl2F16P4Pt2S4. The quantitative estimate of drug-likeness (QED) is 0.0194. The van der Waals surface area contributed by atoms with E-state index >= 15 is 0 Å². The molecule has 0 aromatic heterocycles. The third kappa shape index (κ3) is 54.5. The van der Waals surface area contributed by atoms with Crippen molar-refractivity contribution in [1.29, 1.82) is 0 Å². The number of hydrogen-bond acceptors (Lipinski definition) is 4. The normalized spacial score (nSPS) is 10.7. The number of hydrogen-bond donors (Lipinski definition) is 0. The molecule has 0 atom stereocenters. The maximum Gasteiger partial charge on any atom is 2.00 e. The fourth-order valence-corrected chi connectivity index (χ4v) is 23.8. The van der Waals surface area contributed by atoms with Gasteiger partial charge < -0.3 is 69.1 Å². The third-order valence-corrected chi connectivity index (χ3v) is 29.2. The molecule has 0 heterocycles. The van der Waals surface area contributed by atoms with Crippen LogP contribution in [-0.2, 0) is 42.1 Å². The van der Waals surface area contributed by atoms with Gasteiger partial charge in [-0.25, -0.2) is 0 Å². The van der Waals surface area contributed by atoms with E-state index in [0.29, 0.717) is 0 Å². The summed E-state index contributed by atoms with van der Waals surface area (Å²) in [4.78, 5) is 5.44. The summed E-state index contributed by atoms with van der Waals surface area (Å²) in [7, 11) is -25.1. The SMILES string of the molecule is ClCCl.F[B-](F)(F)F.F[B-](F)(F)F.F[B-](F)(F)F.F[B-](F)(F)F.[Pt+2].[Pt+2].c1ccc(SCCP(c2ccccc2)c2ccccc2)cc1.c1ccc(SCCP(c2ccccc2)c2ccccc2)cc1.c1ccc(SCCP(c2ccccc2)c2ccccc2)cc1.c1ccc(SCCP(c2ccccc2)c2ccccc2)cc1. The largest absolute Gasteiger partial charge is 2.00 e. The first kappa shape index (κ1) is 104. The second-order valence-corrected chi connectivity index (χ2v) is 36.8. The minimum atomic E-state index is -6.00. The van der Waals surface area contributed by atoms with Crippen LogP contribution >= 0.6 is 102 Å². The van der Waals surface area contributed by atoms with E-state index in [2.05, 4.69) is 364 Å². The fraction of sp³-hybridized carbons (Fsp3) is 0.111. The minimum absolute atomic E-state index is 0. The van der Waals surface area contributed by atoms with E-state index in [4.69, 9.17) is 23.2 Å². The molecule has 0 amide bonds. The predicted octanol–water partition coefficient (Wildman–Crippen LogP) is 26.3. The molecule has 0 nitrogen and oxygen atoms in total. The molecule has 0 fully saturated rings. The Balaban J connectivity index is 0.000000464. The average Bonchev–Trinajstić information content (AvgIpc) is 0.868. The Bertz CT molecular complexity index is 3490. The molecule has 0 aliphatic carbocycles. The molecule has 0 N–H and O–H groups in total. The van der Waals surface area contributed by atoms with Crippen LogP contribution in [0, 0.1) is 0 Å². The van der Waals surface area contributed by atoms with Gasteiger partial charge in [0.15, 0.2) is 0 Å². The van der Waals surface area contributed by atoms with E-state index in [1.54, 1.807) is 0 Å². The van der Waals surface area contributed by atoms with Crippen molar-refractivity contribution in [1.82, 2.24) is 0 Å². The molecule has 12 aromatic rings. The van der Waals surface area contributed by atoms with Crippen LogP contribution < -0.4 is 42.4 Å². The van der Waals surface area contributed by atoms with Crippen LogP contribution in [0.4, 0.5) is 69.1 Å². The van der Waals surface area contributed by atoms with Crippen molar-refractivity contribution >= 4 is 173 Å². The number of thioether (sulfide) groups is 4. The van der Waals surface area contributed by atoms with Crippen LogP contribution in [0.2, 0.25) is 0 Å². The van der Waals surface area contributed by atoms with Crippen molar-refractivity contribution in [3.05, 3.63) is 364 Å². The number of halogens is 18. The Hall–Kier alpha value is -5.14. The van der Waals surface area contributed by atoms with E-state index in [1.807, 2.05) is 47.0 Å². The smallest absolute Gasteiger partial charge is 0.418 e. The van der Waals surface area contributed by atoms with Crippen molar-refractivity contribution in [3.8, 4) is 0 Å². The van der Waals surface area contributed by atoms with Crippen molar-refractivity contribution in [2.45, 2.75) is 19.6 Å². The Morgan fingerprint density at radius 3 is 0.372 bits per heavy atom. The molecule has 0 unspecified atom stereocenters. The topological polar surface area (TPSA) is 0 Å². The van der Waals surface area contributed by atoms with Crippen LogP contribution in [0.3, 0.4) is 0 Å². The Kier molecular flexibility index (Phi) is 56.3. The van der Waals surface area contributed by atoms with Crippen LogP contribution in [0.5, 0.6) is 0 Å². The zero-order chi connectivity index (χ0) is 80.9. The van der Waals surface area contributed by atoms with Crippen molar-refractivity contribution < 1.29 is 111 Å². The van der Waals surface area contributed by atoms with Crippen molar-refractivity contribution in [2.75, 3.05) is 53.0 Å². The van der Waals surface area contributed by atoms with Crippen LogP contribution in [0.1, 0.15) is 0 Å². The number of benzene rings is 12. The van der Waals surface area contributed by atoms with E-state index in [9.17, 15) is 69.1 Å². The van der Waals surface area contributed by atoms with Gasteiger partial charge in [-0.3, -0.25) is 0 Å². The molecule has 113 heavy (non-hydrogen) atoms. The van der Waals surface area contributed by atoms with Crippen LogP contribution in [0.25, 0.3) is 0 Å². The van der Waals surface area contributed by atoms with E-state index in [0.717, 1.165) is 23.0 Å². The van der Waals surface area contributed by atoms with Gasteiger partial charge in [-0.05, 0) is 147 Å². The van der Waals surface area contributed by atoms with Gasteiger partial charge in [-0.1, -0.05) is 315 Å². The minimum Gasteiger partial charge on any atom is -0.418 e. The molecule has 0 bridgehead atoms. The zero-order valence-corrected chi connectivity index (χ0v) is 73.1. The molecule has 12 rings (SSSR count). The summed E-state index contributed by atoms with van der Waals surface area (Å²) in [5.41, 5.74) is 0. The van der Waals surface area contributed by atoms with Crippen LogP contribution in [-0.4, -0.2) is 82.0 Å². The average molecular weight is 2110 g/mol. The van der Waals surface area contributed by atoms with Crippen LogP contribution in [0.15, 0.2) is 384 Å².